The smallest absolute Gasteiger partial charge is 0.363 e. The van der Waals surface area contributed by atoms with Gasteiger partial charge in [0, 0.05) is 16.1 Å². The molecule has 104 valence electrons. The van der Waals surface area contributed by atoms with E-state index < -0.39 is 5.97 Å². The fourth-order valence-corrected chi connectivity index (χ4v) is 2.01. The first-order valence-electron chi connectivity index (χ1n) is 6.20. The molecule has 2 aromatic carbocycles. The zero-order valence-electron chi connectivity index (χ0n) is 10.8. The third-order valence-electron chi connectivity index (χ3n) is 2.94. The van der Waals surface area contributed by atoms with Gasteiger partial charge in [0.05, 0.1) is 0 Å². The van der Waals surface area contributed by atoms with Crippen LogP contribution in [0.25, 0.3) is 6.08 Å². The van der Waals surface area contributed by atoms with Crippen LogP contribution in [0.4, 0.5) is 0 Å². The largest absolute Gasteiger partial charge is 0.507 e. The molecule has 4 nitrogen and oxygen atoms in total. The van der Waals surface area contributed by atoms with E-state index in [2.05, 4.69) is 4.99 Å². The topological polar surface area (TPSA) is 58.9 Å². The minimum Gasteiger partial charge on any atom is -0.507 e. The number of hydrogen-bond acceptors (Lipinski definition) is 4. The number of aliphatic imine (C=N–C) groups is 1. The quantitative estimate of drug-likeness (QED) is 0.683. The molecule has 0 aromatic heterocycles. The van der Waals surface area contributed by atoms with Gasteiger partial charge < -0.3 is 9.84 Å². The lowest BCUT2D eigenvalue weighted by Crippen LogP contribution is -2.05. The third-order valence-corrected chi connectivity index (χ3v) is 3.19. The van der Waals surface area contributed by atoms with Crippen LogP contribution in [-0.2, 0) is 9.53 Å². The first-order valence-corrected chi connectivity index (χ1v) is 6.58. The Hall–Kier alpha value is -2.59. The third kappa shape index (κ3) is 2.80. The molecule has 21 heavy (non-hydrogen) atoms. The molecule has 3 rings (SSSR count). The van der Waals surface area contributed by atoms with Crippen LogP contribution in [0.1, 0.15) is 11.1 Å². The number of cyclic esters (lactones) is 1. The number of phenols is 1. The van der Waals surface area contributed by atoms with Crippen molar-refractivity contribution in [3.63, 3.8) is 0 Å². The Morgan fingerprint density at radius 2 is 1.81 bits per heavy atom. The van der Waals surface area contributed by atoms with Crippen LogP contribution in [0.15, 0.2) is 59.2 Å². The molecular weight excluding hydrogens is 290 g/mol. The van der Waals surface area contributed by atoms with Gasteiger partial charge in [-0.2, -0.15) is 0 Å². The highest BCUT2D eigenvalue weighted by molar-refractivity contribution is 6.30. The monoisotopic (exact) mass is 299 g/mol. The molecule has 0 atom stereocenters. The van der Waals surface area contributed by atoms with E-state index in [1.165, 1.54) is 12.1 Å². The molecule has 5 heteroatoms. The maximum absolute atomic E-state index is 11.8. The van der Waals surface area contributed by atoms with Gasteiger partial charge >= 0.3 is 5.97 Å². The number of hydrogen-bond donors (Lipinski definition) is 1. The lowest BCUT2D eigenvalue weighted by atomic mass is 10.1. The zero-order valence-corrected chi connectivity index (χ0v) is 11.5. The Kier molecular flexibility index (Phi) is 3.46. The van der Waals surface area contributed by atoms with Crippen LogP contribution in [-0.4, -0.2) is 17.0 Å². The molecule has 1 aliphatic rings. The number of esters is 1. The number of phenolic OH excluding ortho intramolecular Hbond substituents is 1. The number of para-hydroxylation sites is 1. The Bertz CT molecular complexity index is 763. The lowest BCUT2D eigenvalue weighted by Gasteiger charge is -1.98. The standard InChI is InChI=1S/C16H10ClNO3/c17-12-7-5-10(6-8-12)15-18-13(16(20)21-15)9-11-3-1-2-4-14(11)19/h1-9,19H/b13-9-. The van der Waals surface area contributed by atoms with E-state index in [9.17, 15) is 9.90 Å². The molecule has 1 heterocycles. The number of ether oxygens (including phenoxy) is 1. The van der Waals surface area contributed by atoms with Gasteiger partial charge in [0.2, 0.25) is 5.90 Å². The molecule has 2 aromatic rings. The van der Waals surface area contributed by atoms with Gasteiger partial charge in [-0.25, -0.2) is 9.79 Å². The number of nitrogens with zero attached hydrogens (tertiary/aromatic N) is 1. The number of carbonyl (C=O) groups excluding carboxylic acids is 1. The van der Waals surface area contributed by atoms with E-state index in [1.54, 1.807) is 42.5 Å². The first-order chi connectivity index (χ1) is 10.1. The predicted molar refractivity (Wildman–Crippen MR) is 80.2 cm³/mol. The summed E-state index contributed by atoms with van der Waals surface area (Å²) in [6, 6.07) is 13.5. The van der Waals surface area contributed by atoms with E-state index in [4.69, 9.17) is 16.3 Å². The molecule has 0 aliphatic carbocycles. The van der Waals surface area contributed by atoms with Crippen LogP contribution in [0, 0.1) is 0 Å². The number of benzene rings is 2. The molecule has 0 saturated heterocycles. The van der Waals surface area contributed by atoms with Gasteiger partial charge in [0.15, 0.2) is 5.70 Å². The van der Waals surface area contributed by atoms with Crippen LogP contribution in [0.2, 0.25) is 5.02 Å². The van der Waals surface area contributed by atoms with Gasteiger partial charge in [0.1, 0.15) is 5.75 Å². The SMILES string of the molecule is O=C1OC(c2ccc(Cl)cc2)=N/C1=C\c1ccccc1O. The van der Waals surface area contributed by atoms with Crippen LogP contribution in [0.3, 0.4) is 0 Å². The minimum atomic E-state index is -0.553. The summed E-state index contributed by atoms with van der Waals surface area (Å²) in [5.41, 5.74) is 1.31. The van der Waals surface area contributed by atoms with Crippen LogP contribution < -0.4 is 0 Å². The summed E-state index contributed by atoms with van der Waals surface area (Å²) < 4.78 is 5.13. The fourth-order valence-electron chi connectivity index (χ4n) is 1.88. The van der Waals surface area contributed by atoms with Gasteiger partial charge in [-0.15, -0.1) is 0 Å². The summed E-state index contributed by atoms with van der Waals surface area (Å²) >= 11 is 5.81. The second-order valence-corrected chi connectivity index (χ2v) is 4.84. The summed E-state index contributed by atoms with van der Waals surface area (Å²) in [4.78, 5) is 16.0. The summed E-state index contributed by atoms with van der Waals surface area (Å²) in [7, 11) is 0. The van der Waals surface area contributed by atoms with E-state index in [0.717, 1.165) is 0 Å². The van der Waals surface area contributed by atoms with Crippen molar-refractivity contribution in [2.75, 3.05) is 0 Å². The van der Waals surface area contributed by atoms with Crippen molar-refractivity contribution in [2.45, 2.75) is 0 Å². The molecule has 1 N–H and O–H groups in total. The molecular formula is C16H10ClNO3. The number of carbonyl (C=O) groups is 1. The Morgan fingerprint density at radius 3 is 2.52 bits per heavy atom. The maximum atomic E-state index is 11.8. The number of halogens is 1. The first kappa shape index (κ1) is 13.4. The highest BCUT2D eigenvalue weighted by Crippen LogP contribution is 2.23. The molecule has 0 unspecified atom stereocenters. The number of rotatable bonds is 2. The molecule has 0 fully saturated rings. The second kappa shape index (κ2) is 5.42. The molecule has 1 aliphatic heterocycles. The molecule has 0 radical (unpaired) electrons. The summed E-state index contributed by atoms with van der Waals surface area (Å²) in [6.07, 6.45) is 1.49. The van der Waals surface area contributed by atoms with Gasteiger partial charge in [-0.1, -0.05) is 29.8 Å². The van der Waals surface area contributed by atoms with Crippen molar-refractivity contribution in [3.8, 4) is 5.75 Å². The van der Waals surface area contributed by atoms with E-state index in [0.29, 0.717) is 16.1 Å². The number of aromatic hydroxyl groups is 1. The minimum absolute atomic E-state index is 0.0768. The van der Waals surface area contributed by atoms with Crippen molar-refractivity contribution < 1.29 is 14.6 Å². The highest BCUT2D eigenvalue weighted by Gasteiger charge is 2.24. The van der Waals surface area contributed by atoms with Gasteiger partial charge in [-0.3, -0.25) is 0 Å². The van der Waals surface area contributed by atoms with Gasteiger partial charge in [-0.05, 0) is 36.4 Å². The zero-order chi connectivity index (χ0) is 14.8. The van der Waals surface area contributed by atoms with Crippen molar-refractivity contribution in [1.29, 1.82) is 0 Å². The van der Waals surface area contributed by atoms with Gasteiger partial charge in [0.25, 0.3) is 0 Å². The lowest BCUT2D eigenvalue weighted by molar-refractivity contribution is -0.129. The van der Waals surface area contributed by atoms with Crippen molar-refractivity contribution in [2.24, 2.45) is 4.99 Å². The average molecular weight is 300 g/mol. The van der Waals surface area contributed by atoms with Crippen LogP contribution in [0.5, 0.6) is 5.75 Å². The Labute approximate surface area is 126 Å². The van der Waals surface area contributed by atoms with E-state index in [1.807, 2.05) is 0 Å². The van der Waals surface area contributed by atoms with Crippen molar-refractivity contribution in [1.82, 2.24) is 0 Å². The molecule has 0 bridgehead atoms. The summed E-state index contributed by atoms with van der Waals surface area (Å²) in [5.74, 6) is -0.255. The fraction of sp³-hybridized carbons (Fsp3) is 0. The second-order valence-electron chi connectivity index (χ2n) is 4.40. The molecule has 0 saturated carbocycles. The van der Waals surface area contributed by atoms with E-state index >= 15 is 0 Å². The average Bonchev–Trinajstić information content (AvgIpc) is 2.83. The maximum Gasteiger partial charge on any atom is 0.363 e. The molecule has 0 spiro atoms. The summed E-state index contributed by atoms with van der Waals surface area (Å²) in [5, 5.41) is 10.3. The normalized spacial score (nSPS) is 16.0. The van der Waals surface area contributed by atoms with Crippen molar-refractivity contribution in [3.05, 3.63) is 70.4 Å². The summed E-state index contributed by atoms with van der Waals surface area (Å²) in [6.45, 7) is 0. The van der Waals surface area contributed by atoms with Crippen LogP contribution >= 0.6 is 11.6 Å². The van der Waals surface area contributed by atoms with Crippen molar-refractivity contribution >= 4 is 29.5 Å². The highest BCUT2D eigenvalue weighted by atomic mass is 35.5. The Morgan fingerprint density at radius 1 is 1.10 bits per heavy atom. The van der Waals surface area contributed by atoms with E-state index in [-0.39, 0.29) is 17.3 Å². The Balaban J connectivity index is 1.96. The predicted octanol–water partition coefficient (Wildman–Crippen LogP) is 3.39. The molecule has 0 amide bonds.